The van der Waals surface area contributed by atoms with Gasteiger partial charge in [0.1, 0.15) is 5.75 Å². The maximum absolute atomic E-state index is 12.7. The van der Waals surface area contributed by atoms with Crippen molar-refractivity contribution in [2.45, 2.75) is 19.5 Å². The minimum absolute atomic E-state index is 0.0628. The number of aryl methyl sites for hydroxylation is 1. The topological polar surface area (TPSA) is 73.9 Å². The second-order valence-electron chi connectivity index (χ2n) is 7.86. The van der Waals surface area contributed by atoms with Gasteiger partial charge in [0, 0.05) is 31.7 Å². The summed E-state index contributed by atoms with van der Waals surface area (Å²) in [5.41, 5.74) is 2.17. The normalized spacial score (nSPS) is 14.8. The Morgan fingerprint density at radius 3 is 2.62 bits per heavy atom. The van der Waals surface area contributed by atoms with E-state index in [1.54, 1.807) is 18.2 Å². The zero-order chi connectivity index (χ0) is 21.9. The van der Waals surface area contributed by atoms with E-state index in [4.69, 9.17) is 13.9 Å². The summed E-state index contributed by atoms with van der Waals surface area (Å²) in [5, 5.41) is 2.17. The van der Waals surface area contributed by atoms with Crippen molar-refractivity contribution in [3.63, 3.8) is 0 Å². The Kier molecular flexibility index (Phi) is 5.75. The minimum Gasteiger partial charge on any atom is -0.426 e. The molecule has 5 rings (SSSR count). The number of carbonyl (C=O) groups excluding carboxylic acids is 1. The third kappa shape index (κ3) is 4.17. The lowest BCUT2D eigenvalue weighted by atomic mass is 10.0. The average Bonchev–Trinajstić information content (AvgIpc) is 3.14. The van der Waals surface area contributed by atoms with E-state index in [-0.39, 0.29) is 18.9 Å². The molecule has 0 amide bonds. The number of hydrogen-bond donors (Lipinski definition) is 0. The molecular weight excluding hydrogens is 408 g/mol. The quantitative estimate of drug-likeness (QED) is 0.343. The Balaban J connectivity index is 1.36. The summed E-state index contributed by atoms with van der Waals surface area (Å²) in [5.74, 6) is -0.303. The van der Waals surface area contributed by atoms with Crippen LogP contribution >= 0.6 is 0 Å². The molecule has 0 saturated carbocycles. The Morgan fingerprint density at radius 1 is 0.969 bits per heavy atom. The summed E-state index contributed by atoms with van der Waals surface area (Å²) in [6, 6.07) is 19.1. The molecule has 1 fully saturated rings. The van der Waals surface area contributed by atoms with Crippen LogP contribution in [-0.2, 0) is 22.6 Å². The zero-order valence-electron chi connectivity index (χ0n) is 17.7. The molecule has 0 atom stereocenters. The van der Waals surface area contributed by atoms with Crippen molar-refractivity contribution in [2.75, 3.05) is 26.3 Å². The van der Waals surface area contributed by atoms with Gasteiger partial charge in [0.25, 0.3) is 0 Å². The van der Waals surface area contributed by atoms with Gasteiger partial charge in [-0.15, -0.1) is 0 Å². The number of benzene rings is 3. The van der Waals surface area contributed by atoms with Crippen molar-refractivity contribution < 1.29 is 18.7 Å². The highest BCUT2D eigenvalue weighted by atomic mass is 16.5. The summed E-state index contributed by atoms with van der Waals surface area (Å²) < 4.78 is 18.0. The number of fused-ring (bicyclic) bond motifs is 2. The van der Waals surface area contributed by atoms with Crippen LogP contribution < -0.4 is 10.5 Å². The van der Waals surface area contributed by atoms with Crippen molar-refractivity contribution in [1.29, 1.82) is 0 Å². The molecule has 0 radical (unpaired) electrons. The van der Waals surface area contributed by atoms with Gasteiger partial charge in [-0.05, 0) is 29.0 Å². The number of esters is 1. The Labute approximate surface area is 184 Å². The van der Waals surface area contributed by atoms with Gasteiger partial charge < -0.3 is 13.9 Å². The average molecular weight is 432 g/mol. The van der Waals surface area contributed by atoms with Gasteiger partial charge in [0.05, 0.1) is 25.2 Å². The van der Waals surface area contributed by atoms with E-state index < -0.39 is 5.76 Å². The number of carbonyl (C=O) groups is 1. The lowest BCUT2D eigenvalue weighted by molar-refractivity contribution is -0.134. The number of aromatic nitrogens is 1. The Morgan fingerprint density at radius 2 is 1.75 bits per heavy atom. The molecule has 1 aliphatic heterocycles. The summed E-state index contributed by atoms with van der Waals surface area (Å²) in [4.78, 5) is 27.2. The highest BCUT2D eigenvalue weighted by Crippen LogP contribution is 2.30. The summed E-state index contributed by atoms with van der Waals surface area (Å²) in [6.45, 7) is 3.96. The van der Waals surface area contributed by atoms with Gasteiger partial charge in [-0.25, -0.2) is 4.79 Å². The number of oxazole rings is 1. The minimum atomic E-state index is -0.474. The fourth-order valence-electron chi connectivity index (χ4n) is 4.16. The first-order valence-electron chi connectivity index (χ1n) is 10.8. The van der Waals surface area contributed by atoms with Crippen LogP contribution in [0.5, 0.6) is 5.75 Å². The van der Waals surface area contributed by atoms with Crippen molar-refractivity contribution in [2.24, 2.45) is 0 Å². The molecule has 32 heavy (non-hydrogen) atoms. The van der Waals surface area contributed by atoms with E-state index in [0.717, 1.165) is 29.4 Å². The number of hydrogen-bond acceptors (Lipinski definition) is 6. The van der Waals surface area contributed by atoms with Crippen molar-refractivity contribution >= 4 is 27.8 Å². The summed E-state index contributed by atoms with van der Waals surface area (Å²) in [7, 11) is 0. The van der Waals surface area contributed by atoms with Crippen molar-refractivity contribution in [3.8, 4) is 5.75 Å². The molecule has 2 heterocycles. The molecule has 0 bridgehead atoms. The SMILES string of the molecule is O=C(CCn1c(=O)oc2ccccc21)Oc1ccc2ccccc2c1CN1CCOCC1. The van der Waals surface area contributed by atoms with E-state index >= 15 is 0 Å². The lowest BCUT2D eigenvalue weighted by Crippen LogP contribution is -2.35. The Hall–Kier alpha value is -3.42. The van der Waals surface area contributed by atoms with Gasteiger partial charge in [0.15, 0.2) is 5.58 Å². The van der Waals surface area contributed by atoms with Gasteiger partial charge >= 0.3 is 11.7 Å². The number of rotatable bonds is 6. The standard InChI is InChI=1S/C25H24N2O5/c28-24(11-12-27-21-7-3-4-8-23(21)32-25(27)29)31-22-10-9-18-5-1-2-6-19(18)20(22)17-26-13-15-30-16-14-26/h1-10H,11-17H2. The molecule has 1 aromatic heterocycles. The van der Waals surface area contributed by atoms with E-state index in [9.17, 15) is 9.59 Å². The van der Waals surface area contributed by atoms with Crippen molar-refractivity contribution in [1.82, 2.24) is 9.47 Å². The molecule has 0 spiro atoms. The molecule has 1 aliphatic rings. The highest BCUT2D eigenvalue weighted by molar-refractivity contribution is 5.88. The van der Waals surface area contributed by atoms with Crippen LogP contribution in [0.1, 0.15) is 12.0 Å². The highest BCUT2D eigenvalue weighted by Gasteiger charge is 2.18. The summed E-state index contributed by atoms with van der Waals surface area (Å²) in [6.07, 6.45) is 0.0628. The smallest absolute Gasteiger partial charge is 0.419 e. The maximum atomic E-state index is 12.7. The predicted octanol–water partition coefficient (Wildman–Crippen LogP) is 3.58. The molecule has 0 aliphatic carbocycles. The molecule has 4 aromatic rings. The maximum Gasteiger partial charge on any atom is 0.419 e. The van der Waals surface area contributed by atoms with E-state index in [1.807, 2.05) is 30.3 Å². The first kappa shape index (κ1) is 20.5. The molecule has 7 heteroatoms. The van der Waals surface area contributed by atoms with Crippen LogP contribution in [-0.4, -0.2) is 41.7 Å². The first-order valence-corrected chi connectivity index (χ1v) is 10.8. The number of morpholine rings is 1. The molecule has 164 valence electrons. The molecule has 3 aromatic carbocycles. The van der Waals surface area contributed by atoms with Crippen LogP contribution in [0.15, 0.2) is 69.9 Å². The fourth-order valence-corrected chi connectivity index (χ4v) is 4.16. The fraction of sp³-hybridized carbons (Fsp3) is 0.280. The predicted molar refractivity (Wildman–Crippen MR) is 121 cm³/mol. The van der Waals surface area contributed by atoms with Gasteiger partial charge in [-0.1, -0.05) is 42.5 Å². The van der Waals surface area contributed by atoms with Crippen LogP contribution in [0.3, 0.4) is 0 Å². The van der Waals surface area contributed by atoms with Crippen LogP contribution in [0.4, 0.5) is 0 Å². The molecule has 0 unspecified atom stereocenters. The molecule has 7 nitrogen and oxygen atoms in total. The van der Waals surface area contributed by atoms with Gasteiger partial charge in [0.2, 0.25) is 0 Å². The van der Waals surface area contributed by atoms with E-state index in [2.05, 4.69) is 17.0 Å². The van der Waals surface area contributed by atoms with Gasteiger partial charge in [-0.3, -0.25) is 14.3 Å². The number of nitrogens with zero attached hydrogens (tertiary/aromatic N) is 2. The van der Waals surface area contributed by atoms with Crippen molar-refractivity contribution in [3.05, 3.63) is 76.8 Å². The lowest BCUT2D eigenvalue weighted by Gasteiger charge is -2.27. The largest absolute Gasteiger partial charge is 0.426 e. The molecular formula is C25H24N2O5. The third-order valence-electron chi connectivity index (χ3n) is 5.82. The monoisotopic (exact) mass is 432 g/mol. The van der Waals surface area contributed by atoms with Crippen LogP contribution in [0, 0.1) is 0 Å². The summed E-state index contributed by atoms with van der Waals surface area (Å²) >= 11 is 0. The molecule has 1 saturated heterocycles. The third-order valence-corrected chi connectivity index (χ3v) is 5.82. The van der Waals surface area contributed by atoms with Gasteiger partial charge in [-0.2, -0.15) is 0 Å². The van der Waals surface area contributed by atoms with Crippen LogP contribution in [0.25, 0.3) is 21.9 Å². The van der Waals surface area contributed by atoms with E-state index in [0.29, 0.717) is 36.6 Å². The van der Waals surface area contributed by atoms with E-state index in [1.165, 1.54) is 4.57 Å². The number of para-hydroxylation sites is 2. The Bertz CT molecular complexity index is 1320. The zero-order valence-corrected chi connectivity index (χ0v) is 17.7. The second-order valence-corrected chi connectivity index (χ2v) is 7.86. The second kappa shape index (κ2) is 8.98. The number of ether oxygens (including phenoxy) is 2. The first-order chi connectivity index (χ1) is 15.7. The van der Waals surface area contributed by atoms with Crippen LogP contribution in [0.2, 0.25) is 0 Å². The molecule has 0 N–H and O–H groups in total.